The van der Waals surface area contributed by atoms with E-state index in [1.54, 1.807) is 12.4 Å². The van der Waals surface area contributed by atoms with Crippen molar-refractivity contribution in [3.63, 3.8) is 0 Å². The molecule has 2 aromatic rings. The molecule has 2 heterocycles. The number of anilines is 1. The minimum atomic E-state index is 0.222. The number of aryl methyl sites for hydroxylation is 1. The molecule has 5 nitrogen and oxygen atoms in total. The van der Waals surface area contributed by atoms with Crippen molar-refractivity contribution >= 4 is 17.4 Å². The monoisotopic (exact) mass is 332 g/mol. The number of nitrogens with zero attached hydrogens (tertiary/aromatic N) is 3. The SMILES string of the molecule is Cc1cncc(NCC(c2cccc(Cl)c2)N2CCOCC2)n1. The van der Waals surface area contributed by atoms with Crippen molar-refractivity contribution in [2.24, 2.45) is 0 Å². The third-order valence-corrected chi connectivity index (χ3v) is 4.19. The van der Waals surface area contributed by atoms with Gasteiger partial charge in [-0.05, 0) is 24.6 Å². The average molecular weight is 333 g/mol. The Balaban J connectivity index is 1.77. The first-order chi connectivity index (χ1) is 11.2. The van der Waals surface area contributed by atoms with E-state index in [2.05, 4.69) is 26.3 Å². The van der Waals surface area contributed by atoms with Gasteiger partial charge in [0.05, 0.1) is 31.1 Å². The predicted octanol–water partition coefficient (Wildman–Crippen LogP) is 2.92. The minimum absolute atomic E-state index is 0.222. The van der Waals surface area contributed by atoms with E-state index >= 15 is 0 Å². The molecule has 6 heteroatoms. The number of ether oxygens (including phenoxy) is 1. The maximum absolute atomic E-state index is 6.18. The molecule has 1 saturated heterocycles. The largest absolute Gasteiger partial charge is 0.379 e. The zero-order valence-corrected chi connectivity index (χ0v) is 14.0. The van der Waals surface area contributed by atoms with Gasteiger partial charge in [0, 0.05) is 30.9 Å². The quantitative estimate of drug-likeness (QED) is 0.912. The van der Waals surface area contributed by atoms with E-state index < -0.39 is 0 Å². The second-order valence-electron chi connectivity index (χ2n) is 5.65. The summed E-state index contributed by atoms with van der Waals surface area (Å²) in [6.45, 7) is 6.05. The van der Waals surface area contributed by atoms with Crippen molar-refractivity contribution in [3.05, 3.63) is 52.9 Å². The number of aromatic nitrogens is 2. The van der Waals surface area contributed by atoms with Gasteiger partial charge in [0.2, 0.25) is 0 Å². The molecule has 1 aromatic heterocycles. The lowest BCUT2D eigenvalue weighted by molar-refractivity contribution is 0.0187. The first kappa shape index (κ1) is 16.2. The van der Waals surface area contributed by atoms with Crippen molar-refractivity contribution in [1.29, 1.82) is 0 Å². The molecule has 0 aliphatic carbocycles. The molecule has 1 N–H and O–H groups in total. The van der Waals surface area contributed by atoms with Crippen LogP contribution in [0.15, 0.2) is 36.7 Å². The zero-order chi connectivity index (χ0) is 16.1. The summed E-state index contributed by atoms with van der Waals surface area (Å²) in [6.07, 6.45) is 3.50. The third-order valence-electron chi connectivity index (χ3n) is 3.95. The standard InChI is InChI=1S/C17H21ClN4O/c1-13-10-19-12-17(21-13)20-11-16(22-5-7-23-8-6-22)14-3-2-4-15(18)9-14/h2-4,9-10,12,16H,5-8,11H2,1H3,(H,20,21). The molecule has 0 spiro atoms. The van der Waals surface area contributed by atoms with Crippen LogP contribution in [0.3, 0.4) is 0 Å². The molecule has 3 rings (SSSR count). The maximum Gasteiger partial charge on any atom is 0.144 e. The highest BCUT2D eigenvalue weighted by atomic mass is 35.5. The Hall–Kier alpha value is -1.69. The highest BCUT2D eigenvalue weighted by Gasteiger charge is 2.22. The van der Waals surface area contributed by atoms with Crippen molar-refractivity contribution in [2.75, 3.05) is 38.2 Å². The van der Waals surface area contributed by atoms with Crippen LogP contribution in [-0.2, 0) is 4.74 Å². The average Bonchev–Trinajstić information content (AvgIpc) is 2.56. The summed E-state index contributed by atoms with van der Waals surface area (Å²) in [5, 5.41) is 4.16. The Labute approximate surface area is 141 Å². The summed E-state index contributed by atoms with van der Waals surface area (Å²) in [4.78, 5) is 11.1. The molecule has 1 aromatic carbocycles. The van der Waals surface area contributed by atoms with Gasteiger partial charge in [0.15, 0.2) is 0 Å². The first-order valence-corrected chi connectivity index (χ1v) is 8.20. The van der Waals surface area contributed by atoms with E-state index in [0.717, 1.165) is 49.4 Å². The van der Waals surface area contributed by atoms with Gasteiger partial charge in [-0.1, -0.05) is 23.7 Å². The topological polar surface area (TPSA) is 50.3 Å². The lowest BCUT2D eigenvalue weighted by Crippen LogP contribution is -2.41. The summed E-state index contributed by atoms with van der Waals surface area (Å²) in [7, 11) is 0. The molecule has 0 bridgehead atoms. The lowest BCUT2D eigenvalue weighted by atomic mass is 10.0. The normalized spacial score (nSPS) is 17.0. The smallest absolute Gasteiger partial charge is 0.144 e. The van der Waals surface area contributed by atoms with Crippen molar-refractivity contribution in [3.8, 4) is 0 Å². The molecule has 1 fully saturated rings. The molecule has 23 heavy (non-hydrogen) atoms. The Morgan fingerprint density at radius 2 is 2.13 bits per heavy atom. The zero-order valence-electron chi connectivity index (χ0n) is 13.2. The minimum Gasteiger partial charge on any atom is -0.379 e. The van der Waals surface area contributed by atoms with E-state index in [1.165, 1.54) is 5.56 Å². The number of hydrogen-bond acceptors (Lipinski definition) is 5. The van der Waals surface area contributed by atoms with Crippen LogP contribution < -0.4 is 5.32 Å². The third kappa shape index (κ3) is 4.41. The van der Waals surface area contributed by atoms with Gasteiger partial charge in [-0.2, -0.15) is 0 Å². The number of halogens is 1. The molecule has 122 valence electrons. The molecule has 0 saturated carbocycles. The fourth-order valence-corrected chi connectivity index (χ4v) is 3.01. The van der Waals surface area contributed by atoms with Gasteiger partial charge in [0.25, 0.3) is 0 Å². The molecule has 1 aliphatic rings. The Morgan fingerprint density at radius 1 is 1.30 bits per heavy atom. The summed E-state index contributed by atoms with van der Waals surface area (Å²) in [6, 6.07) is 8.28. The Morgan fingerprint density at radius 3 is 2.87 bits per heavy atom. The number of hydrogen-bond donors (Lipinski definition) is 1. The summed E-state index contributed by atoms with van der Waals surface area (Å²) < 4.78 is 5.48. The van der Waals surface area contributed by atoms with Gasteiger partial charge in [0.1, 0.15) is 5.82 Å². The lowest BCUT2D eigenvalue weighted by Gasteiger charge is -2.35. The summed E-state index contributed by atoms with van der Waals surface area (Å²) in [5.41, 5.74) is 2.10. The van der Waals surface area contributed by atoms with Crippen LogP contribution in [0.1, 0.15) is 17.3 Å². The van der Waals surface area contributed by atoms with Crippen molar-refractivity contribution in [1.82, 2.24) is 14.9 Å². The van der Waals surface area contributed by atoms with Gasteiger partial charge in [-0.3, -0.25) is 9.88 Å². The Kier molecular flexibility index (Phi) is 5.43. The van der Waals surface area contributed by atoms with Crippen LogP contribution in [-0.4, -0.2) is 47.7 Å². The molecule has 1 atom stereocenters. The molecule has 0 amide bonds. The number of nitrogens with one attached hydrogen (secondary N) is 1. The van der Waals surface area contributed by atoms with Gasteiger partial charge >= 0.3 is 0 Å². The van der Waals surface area contributed by atoms with Crippen LogP contribution in [0.5, 0.6) is 0 Å². The van der Waals surface area contributed by atoms with E-state index in [0.29, 0.717) is 0 Å². The van der Waals surface area contributed by atoms with Crippen LogP contribution in [0, 0.1) is 6.92 Å². The van der Waals surface area contributed by atoms with Crippen LogP contribution in [0.2, 0.25) is 5.02 Å². The maximum atomic E-state index is 6.18. The highest BCUT2D eigenvalue weighted by Crippen LogP contribution is 2.24. The second kappa shape index (κ2) is 7.73. The van der Waals surface area contributed by atoms with E-state index in [-0.39, 0.29) is 6.04 Å². The highest BCUT2D eigenvalue weighted by molar-refractivity contribution is 6.30. The van der Waals surface area contributed by atoms with Gasteiger partial charge in [-0.25, -0.2) is 4.98 Å². The molecular formula is C17H21ClN4O. The fraction of sp³-hybridized carbons (Fsp3) is 0.412. The number of benzene rings is 1. The van der Waals surface area contributed by atoms with Crippen LogP contribution >= 0.6 is 11.6 Å². The molecule has 0 radical (unpaired) electrons. The fourth-order valence-electron chi connectivity index (χ4n) is 2.81. The Bertz CT molecular complexity index is 646. The number of morpholine rings is 1. The number of rotatable bonds is 5. The van der Waals surface area contributed by atoms with Crippen LogP contribution in [0.25, 0.3) is 0 Å². The summed E-state index contributed by atoms with van der Waals surface area (Å²) >= 11 is 6.18. The van der Waals surface area contributed by atoms with Crippen LogP contribution in [0.4, 0.5) is 5.82 Å². The van der Waals surface area contributed by atoms with Crippen molar-refractivity contribution < 1.29 is 4.74 Å². The van der Waals surface area contributed by atoms with Gasteiger partial charge < -0.3 is 10.1 Å². The molecule has 1 aliphatic heterocycles. The second-order valence-corrected chi connectivity index (χ2v) is 6.08. The first-order valence-electron chi connectivity index (χ1n) is 7.82. The summed E-state index contributed by atoms with van der Waals surface area (Å²) in [5.74, 6) is 0.797. The van der Waals surface area contributed by atoms with Crippen molar-refractivity contribution in [2.45, 2.75) is 13.0 Å². The predicted molar refractivity (Wildman–Crippen MR) is 91.8 cm³/mol. The van der Waals surface area contributed by atoms with E-state index in [1.807, 2.05) is 25.1 Å². The van der Waals surface area contributed by atoms with Gasteiger partial charge in [-0.15, -0.1) is 0 Å². The van der Waals surface area contributed by atoms with E-state index in [9.17, 15) is 0 Å². The van der Waals surface area contributed by atoms with E-state index in [4.69, 9.17) is 16.3 Å². The molecular weight excluding hydrogens is 312 g/mol. The molecule has 1 unspecified atom stereocenters.